The molecule has 0 aromatic heterocycles. The van der Waals surface area contributed by atoms with Crippen LogP contribution in [0, 0.1) is 24.0 Å². The molecule has 0 saturated heterocycles. The van der Waals surface area contributed by atoms with Crippen LogP contribution < -0.4 is 34.9 Å². The van der Waals surface area contributed by atoms with Crippen molar-refractivity contribution in [1.82, 2.24) is 0 Å². The number of hydrogen-bond acceptors (Lipinski definition) is 9. The van der Waals surface area contributed by atoms with E-state index < -0.39 is 49.0 Å². The van der Waals surface area contributed by atoms with Crippen LogP contribution in [-0.2, 0) is 19.7 Å². The van der Waals surface area contributed by atoms with E-state index in [1.807, 2.05) is 13.0 Å². The summed E-state index contributed by atoms with van der Waals surface area (Å²) in [6.07, 6.45) is 0. The number of benzene rings is 2. The van der Waals surface area contributed by atoms with Gasteiger partial charge in [0.2, 0.25) is 6.04 Å². The average Bonchev–Trinajstić information content (AvgIpc) is 2.63. The van der Waals surface area contributed by atoms with Crippen molar-refractivity contribution < 1.29 is 57.0 Å². The smallest absolute Gasteiger partial charge is 0.744 e. The van der Waals surface area contributed by atoms with E-state index in [-0.39, 0.29) is 29.6 Å². The van der Waals surface area contributed by atoms with E-state index in [0.29, 0.717) is 11.8 Å². The fraction of sp³-hybridized carbons (Fsp3) is 0.222. The number of aryl methyl sites for hydroxylation is 2. The number of nitro benzene ring substituents is 1. The van der Waals surface area contributed by atoms with Crippen LogP contribution in [0.5, 0.6) is 0 Å². The van der Waals surface area contributed by atoms with Gasteiger partial charge in [-0.3, -0.25) is 19.7 Å². The van der Waals surface area contributed by atoms with Gasteiger partial charge in [-0.1, -0.05) is 17.7 Å². The van der Waals surface area contributed by atoms with Crippen molar-refractivity contribution in [2.75, 3.05) is 5.32 Å². The van der Waals surface area contributed by atoms with E-state index in [0.717, 1.165) is 30.2 Å². The van der Waals surface area contributed by atoms with Crippen LogP contribution >= 0.6 is 0 Å². The maximum atomic E-state index is 12.5. The first-order chi connectivity index (χ1) is 13.9. The number of amides is 1. The third kappa shape index (κ3) is 7.01. The molecule has 1 unspecified atom stereocenters. The average molecular weight is 456 g/mol. The summed E-state index contributed by atoms with van der Waals surface area (Å²) >= 11 is 0. The number of nitrogens with zero attached hydrogens (tertiary/aromatic N) is 3. The number of Topliss-reactive ketones (excluding diaryl/α,β-unsaturated/α-hetero) is 1. The van der Waals surface area contributed by atoms with Gasteiger partial charge >= 0.3 is 29.6 Å². The summed E-state index contributed by atoms with van der Waals surface area (Å²) in [5.74, 6) is -1.46. The monoisotopic (exact) mass is 456 g/mol. The summed E-state index contributed by atoms with van der Waals surface area (Å²) in [7, 11) is -4.92. The molecular formula is C18H17N4NaO7S. The quantitative estimate of drug-likeness (QED) is 0.150. The van der Waals surface area contributed by atoms with Crippen LogP contribution in [0.3, 0.4) is 0 Å². The van der Waals surface area contributed by atoms with Crippen LogP contribution in [0.25, 0.3) is 0 Å². The van der Waals surface area contributed by atoms with Crippen molar-refractivity contribution in [2.45, 2.75) is 31.7 Å². The van der Waals surface area contributed by atoms with E-state index >= 15 is 0 Å². The number of anilines is 1. The maximum Gasteiger partial charge on any atom is 1.00 e. The maximum absolute atomic E-state index is 12.5. The van der Waals surface area contributed by atoms with Crippen LogP contribution in [0.1, 0.15) is 18.1 Å². The number of rotatable bonds is 7. The Morgan fingerprint density at radius 3 is 2.29 bits per heavy atom. The molecule has 0 aliphatic heterocycles. The Balaban J connectivity index is 0.00000480. The van der Waals surface area contributed by atoms with E-state index in [9.17, 15) is 32.7 Å². The van der Waals surface area contributed by atoms with Gasteiger partial charge in [0.1, 0.15) is 10.1 Å². The first-order valence-corrected chi connectivity index (χ1v) is 9.84. The second-order valence-corrected chi connectivity index (χ2v) is 7.78. The van der Waals surface area contributed by atoms with E-state index in [1.165, 1.54) is 0 Å². The molecule has 1 amide bonds. The molecule has 2 aromatic rings. The minimum absolute atomic E-state index is 0. The summed E-state index contributed by atoms with van der Waals surface area (Å²) in [6.45, 7) is 4.75. The molecule has 13 heteroatoms. The largest absolute Gasteiger partial charge is 1.00 e. The predicted octanol–water partition coefficient (Wildman–Crippen LogP) is -0.200. The number of ketones is 1. The van der Waals surface area contributed by atoms with Gasteiger partial charge in [-0.05, 0) is 44.5 Å². The molecule has 2 aromatic carbocycles. The number of nitrogens with one attached hydrogen (secondary N) is 1. The van der Waals surface area contributed by atoms with Gasteiger partial charge in [-0.2, -0.15) is 5.11 Å². The molecule has 31 heavy (non-hydrogen) atoms. The zero-order valence-electron chi connectivity index (χ0n) is 17.1. The molecule has 1 N–H and O–H groups in total. The SMILES string of the molecule is CC(=O)C(N=Nc1ccc(S(=O)(=O)[O-])cc1[N+](=O)[O-])C(=O)Nc1ccc(C)cc1C.[Na+]. The molecule has 0 saturated carbocycles. The van der Waals surface area contributed by atoms with Gasteiger partial charge in [0.05, 0.1) is 9.82 Å². The first-order valence-electron chi connectivity index (χ1n) is 8.44. The minimum Gasteiger partial charge on any atom is -0.744 e. The summed E-state index contributed by atoms with van der Waals surface area (Å²) in [4.78, 5) is 33.8. The van der Waals surface area contributed by atoms with Crippen molar-refractivity contribution in [1.29, 1.82) is 0 Å². The molecule has 2 rings (SSSR count). The van der Waals surface area contributed by atoms with Gasteiger partial charge in [-0.25, -0.2) is 8.42 Å². The van der Waals surface area contributed by atoms with Gasteiger partial charge < -0.3 is 9.87 Å². The number of azo groups is 1. The number of hydrogen-bond donors (Lipinski definition) is 1. The molecule has 0 fully saturated rings. The Labute approximate surface area is 200 Å². The zero-order valence-corrected chi connectivity index (χ0v) is 20.0. The fourth-order valence-corrected chi connectivity index (χ4v) is 2.97. The van der Waals surface area contributed by atoms with Crippen LogP contribution in [0.15, 0.2) is 51.5 Å². The number of carbonyl (C=O) groups is 2. The van der Waals surface area contributed by atoms with Crippen LogP contribution in [0.2, 0.25) is 0 Å². The third-order valence-electron chi connectivity index (χ3n) is 3.99. The summed E-state index contributed by atoms with van der Waals surface area (Å²) in [5, 5.41) is 20.9. The molecule has 0 heterocycles. The number of carbonyl (C=O) groups excluding carboxylic acids is 2. The summed E-state index contributed by atoms with van der Waals surface area (Å²) < 4.78 is 33.2. The van der Waals surface area contributed by atoms with Crippen molar-refractivity contribution in [2.24, 2.45) is 10.2 Å². The van der Waals surface area contributed by atoms with Crippen molar-refractivity contribution in [3.63, 3.8) is 0 Å². The molecule has 11 nitrogen and oxygen atoms in total. The zero-order chi connectivity index (χ0) is 22.6. The van der Waals surface area contributed by atoms with Crippen LogP contribution in [0.4, 0.5) is 17.1 Å². The Bertz CT molecular complexity index is 1170. The number of nitro groups is 1. The van der Waals surface area contributed by atoms with Crippen molar-refractivity contribution in [3.8, 4) is 0 Å². The fourth-order valence-electron chi connectivity index (χ4n) is 2.48. The first kappa shape index (κ1) is 26.5. The molecular weight excluding hydrogens is 439 g/mol. The van der Waals surface area contributed by atoms with Gasteiger partial charge in [0, 0.05) is 11.8 Å². The van der Waals surface area contributed by atoms with E-state index in [4.69, 9.17) is 0 Å². The molecule has 0 aliphatic rings. The Morgan fingerprint density at radius 2 is 1.77 bits per heavy atom. The summed E-state index contributed by atoms with van der Waals surface area (Å²) in [6, 6.07) is 5.91. The molecule has 0 aliphatic carbocycles. The van der Waals surface area contributed by atoms with E-state index in [2.05, 4.69) is 15.5 Å². The standard InChI is InChI=1S/C18H18N4O7S.Na/c1-10-4-6-14(11(2)8-10)19-18(24)17(12(3)23)21-20-15-7-5-13(30(27,28)29)9-16(15)22(25)26;/h4-9,17H,1-3H3,(H,19,24)(H,27,28,29);/q;+1/p-1. The predicted molar refractivity (Wildman–Crippen MR) is 105 cm³/mol. The normalized spacial score (nSPS) is 12.1. The molecule has 1 atom stereocenters. The summed E-state index contributed by atoms with van der Waals surface area (Å²) in [5.41, 5.74) is 0.963. The van der Waals surface area contributed by atoms with Gasteiger partial charge in [0.15, 0.2) is 11.5 Å². The van der Waals surface area contributed by atoms with Gasteiger partial charge in [0.25, 0.3) is 11.6 Å². The minimum atomic E-state index is -4.92. The Morgan fingerprint density at radius 1 is 1.13 bits per heavy atom. The second-order valence-electron chi connectivity index (χ2n) is 6.40. The Hall–Kier alpha value is -2.51. The topological polar surface area (TPSA) is 171 Å². The second kappa shape index (κ2) is 10.7. The molecule has 0 spiro atoms. The molecule has 158 valence electrons. The van der Waals surface area contributed by atoms with Crippen molar-refractivity contribution >= 4 is 38.9 Å². The van der Waals surface area contributed by atoms with E-state index in [1.54, 1.807) is 19.1 Å². The van der Waals surface area contributed by atoms with Gasteiger partial charge in [-0.15, -0.1) is 5.11 Å². The molecule has 0 bridgehead atoms. The van der Waals surface area contributed by atoms with Crippen LogP contribution in [-0.4, -0.2) is 35.6 Å². The Kier molecular flexibility index (Phi) is 9.14. The van der Waals surface area contributed by atoms with Crippen molar-refractivity contribution in [3.05, 3.63) is 57.6 Å². The molecule has 0 radical (unpaired) electrons. The third-order valence-corrected chi connectivity index (χ3v) is 4.82.